The van der Waals surface area contributed by atoms with E-state index in [0.29, 0.717) is 5.82 Å². The molecule has 1 aromatic heterocycles. The summed E-state index contributed by atoms with van der Waals surface area (Å²) in [7, 11) is 1.23. The molecule has 0 unspecified atom stereocenters. The van der Waals surface area contributed by atoms with Gasteiger partial charge in [0.2, 0.25) is 0 Å². The van der Waals surface area contributed by atoms with Crippen LogP contribution in [-0.4, -0.2) is 34.1 Å². The van der Waals surface area contributed by atoms with Crippen molar-refractivity contribution in [3.8, 4) is 5.75 Å². The van der Waals surface area contributed by atoms with Gasteiger partial charge in [-0.1, -0.05) is 0 Å². The number of phenolic OH excluding ortho intramolecular Hbond substituents is 1. The van der Waals surface area contributed by atoms with Gasteiger partial charge in [0.1, 0.15) is 11.6 Å². The van der Waals surface area contributed by atoms with Crippen molar-refractivity contribution in [2.75, 3.05) is 7.11 Å². The number of aromatic amines is 1. The highest BCUT2D eigenvalue weighted by atomic mass is 16.5. The van der Waals surface area contributed by atoms with Crippen LogP contribution in [0.3, 0.4) is 0 Å². The van der Waals surface area contributed by atoms with Gasteiger partial charge in [0.15, 0.2) is 0 Å². The lowest BCUT2D eigenvalue weighted by Gasteiger charge is -2.12. The van der Waals surface area contributed by atoms with Gasteiger partial charge in [0, 0.05) is 17.5 Å². The largest absolute Gasteiger partial charge is 0.508 e. The van der Waals surface area contributed by atoms with Crippen molar-refractivity contribution in [2.45, 2.75) is 19.9 Å². The number of esters is 1. The van der Waals surface area contributed by atoms with Crippen LogP contribution in [0.25, 0.3) is 0 Å². The fourth-order valence-corrected chi connectivity index (χ4v) is 1.98. The number of phenols is 1. The van der Waals surface area contributed by atoms with Crippen LogP contribution in [0, 0.1) is 6.92 Å². The van der Waals surface area contributed by atoms with Gasteiger partial charge in [-0.05, 0) is 32.0 Å². The summed E-state index contributed by atoms with van der Waals surface area (Å²) in [5.74, 6) is -0.615. The van der Waals surface area contributed by atoms with E-state index in [1.54, 1.807) is 13.1 Å². The fraction of sp³-hybridized carbons (Fsp3) is 0.267. The number of amides is 1. The maximum Gasteiger partial charge on any atom is 0.338 e. The zero-order valence-corrected chi connectivity index (χ0v) is 12.5. The van der Waals surface area contributed by atoms with E-state index >= 15 is 0 Å². The number of aryl methyl sites for hydroxylation is 1. The fourth-order valence-electron chi connectivity index (χ4n) is 1.98. The predicted molar refractivity (Wildman–Crippen MR) is 78.7 cm³/mol. The van der Waals surface area contributed by atoms with Gasteiger partial charge in [-0.15, -0.1) is 0 Å². The molecule has 1 atom stereocenters. The lowest BCUT2D eigenvalue weighted by molar-refractivity contribution is 0.0600. The number of aromatic hydroxyl groups is 1. The quantitative estimate of drug-likeness (QED) is 0.746. The van der Waals surface area contributed by atoms with Crippen molar-refractivity contribution in [3.63, 3.8) is 0 Å². The average molecular weight is 303 g/mol. The lowest BCUT2D eigenvalue weighted by Crippen LogP contribution is -2.27. The summed E-state index contributed by atoms with van der Waals surface area (Å²) in [6.45, 7) is 3.64. The number of nitrogens with one attached hydrogen (secondary N) is 2. The Balaban J connectivity index is 2.18. The number of imidazole rings is 1. The van der Waals surface area contributed by atoms with Gasteiger partial charge in [-0.3, -0.25) is 4.79 Å². The molecule has 1 heterocycles. The molecule has 2 aromatic rings. The Bertz CT molecular complexity index is 709. The molecule has 0 spiro atoms. The van der Waals surface area contributed by atoms with E-state index in [2.05, 4.69) is 20.0 Å². The average Bonchev–Trinajstić information content (AvgIpc) is 2.92. The highest BCUT2D eigenvalue weighted by Gasteiger charge is 2.17. The molecular formula is C15H17N3O4. The minimum Gasteiger partial charge on any atom is -0.508 e. The number of carbonyl (C=O) groups is 2. The second kappa shape index (κ2) is 6.30. The monoisotopic (exact) mass is 303 g/mol. The summed E-state index contributed by atoms with van der Waals surface area (Å²) in [5.41, 5.74) is 1.16. The van der Waals surface area contributed by atoms with Gasteiger partial charge in [0.05, 0.1) is 18.7 Å². The molecular weight excluding hydrogens is 286 g/mol. The Hall–Kier alpha value is -2.83. The molecule has 3 N–H and O–H groups in total. The molecule has 0 aliphatic rings. The first-order valence-corrected chi connectivity index (χ1v) is 6.65. The van der Waals surface area contributed by atoms with E-state index in [-0.39, 0.29) is 22.9 Å². The first-order chi connectivity index (χ1) is 10.4. The SMILES string of the molecule is COC(=O)c1cc(O)cc(C(=O)N[C@@H](C)c2ncc(C)[nH]2)c1. The normalized spacial score (nSPS) is 11.8. The number of benzene rings is 1. The number of carbonyl (C=O) groups excluding carboxylic acids is 2. The van der Waals surface area contributed by atoms with Crippen LogP contribution in [0.15, 0.2) is 24.4 Å². The topological polar surface area (TPSA) is 104 Å². The van der Waals surface area contributed by atoms with Crippen LogP contribution in [0.4, 0.5) is 0 Å². The second-order valence-corrected chi connectivity index (χ2v) is 4.91. The zero-order valence-electron chi connectivity index (χ0n) is 12.5. The third kappa shape index (κ3) is 3.43. The maximum absolute atomic E-state index is 12.2. The molecule has 0 saturated carbocycles. The Kier molecular flexibility index (Phi) is 4.45. The summed E-state index contributed by atoms with van der Waals surface area (Å²) in [5, 5.41) is 12.4. The summed E-state index contributed by atoms with van der Waals surface area (Å²) in [6, 6.07) is 3.54. The molecule has 2 rings (SSSR count). The highest BCUT2D eigenvalue weighted by Crippen LogP contribution is 2.18. The Labute approximate surface area is 127 Å². The Morgan fingerprint density at radius 1 is 1.32 bits per heavy atom. The van der Waals surface area contributed by atoms with Crippen LogP contribution in [0.5, 0.6) is 5.75 Å². The van der Waals surface area contributed by atoms with Crippen molar-refractivity contribution >= 4 is 11.9 Å². The molecule has 116 valence electrons. The van der Waals surface area contributed by atoms with Crippen molar-refractivity contribution in [2.24, 2.45) is 0 Å². The van der Waals surface area contributed by atoms with Crippen LogP contribution >= 0.6 is 0 Å². The van der Waals surface area contributed by atoms with E-state index in [1.165, 1.54) is 25.3 Å². The molecule has 22 heavy (non-hydrogen) atoms. The van der Waals surface area contributed by atoms with Gasteiger partial charge in [-0.25, -0.2) is 9.78 Å². The molecule has 1 amide bonds. The smallest absolute Gasteiger partial charge is 0.338 e. The number of aromatic nitrogens is 2. The maximum atomic E-state index is 12.2. The van der Waals surface area contributed by atoms with Gasteiger partial charge in [-0.2, -0.15) is 0 Å². The molecule has 7 nitrogen and oxygen atoms in total. The molecule has 0 radical (unpaired) electrons. The number of H-pyrrole nitrogens is 1. The molecule has 0 aliphatic heterocycles. The summed E-state index contributed by atoms with van der Waals surface area (Å²) >= 11 is 0. The minimum absolute atomic E-state index is 0.106. The van der Waals surface area contributed by atoms with E-state index in [9.17, 15) is 14.7 Å². The van der Waals surface area contributed by atoms with Crippen LogP contribution in [-0.2, 0) is 4.74 Å². The molecule has 1 aromatic carbocycles. The summed E-state index contributed by atoms with van der Waals surface area (Å²) in [6.07, 6.45) is 1.67. The van der Waals surface area contributed by atoms with Gasteiger partial charge < -0.3 is 20.1 Å². The number of hydrogen-bond acceptors (Lipinski definition) is 5. The van der Waals surface area contributed by atoms with E-state index in [4.69, 9.17) is 0 Å². The van der Waals surface area contributed by atoms with Crippen LogP contribution in [0.1, 0.15) is 45.2 Å². The Morgan fingerprint density at radius 3 is 2.59 bits per heavy atom. The molecule has 0 fully saturated rings. The first kappa shape index (κ1) is 15.6. The standard InChI is InChI=1S/C15H17N3O4/c1-8-7-16-13(17-8)9(2)18-14(20)10-4-11(15(21)22-3)6-12(19)5-10/h4-7,9,19H,1-3H3,(H,16,17)(H,18,20)/t9-/m0/s1. The van der Waals surface area contributed by atoms with Gasteiger partial charge >= 0.3 is 5.97 Å². The number of ether oxygens (including phenoxy) is 1. The molecule has 0 bridgehead atoms. The summed E-state index contributed by atoms with van der Waals surface area (Å²) < 4.78 is 4.58. The minimum atomic E-state index is -0.625. The van der Waals surface area contributed by atoms with E-state index in [0.717, 1.165) is 5.69 Å². The van der Waals surface area contributed by atoms with E-state index < -0.39 is 11.9 Å². The van der Waals surface area contributed by atoms with Crippen molar-refractivity contribution in [3.05, 3.63) is 47.0 Å². The third-order valence-corrected chi connectivity index (χ3v) is 3.08. The number of methoxy groups -OCH3 is 1. The van der Waals surface area contributed by atoms with E-state index in [1.807, 2.05) is 6.92 Å². The molecule has 0 saturated heterocycles. The molecule has 7 heteroatoms. The zero-order chi connectivity index (χ0) is 16.3. The van der Waals surface area contributed by atoms with Crippen LogP contribution in [0.2, 0.25) is 0 Å². The van der Waals surface area contributed by atoms with Crippen molar-refractivity contribution in [1.29, 1.82) is 0 Å². The number of hydrogen-bond donors (Lipinski definition) is 3. The Morgan fingerprint density at radius 2 is 2.00 bits per heavy atom. The lowest BCUT2D eigenvalue weighted by atomic mass is 10.1. The third-order valence-electron chi connectivity index (χ3n) is 3.08. The van der Waals surface area contributed by atoms with Gasteiger partial charge in [0.25, 0.3) is 5.91 Å². The van der Waals surface area contributed by atoms with Crippen molar-refractivity contribution in [1.82, 2.24) is 15.3 Å². The molecule has 0 aliphatic carbocycles. The highest BCUT2D eigenvalue weighted by molar-refractivity contribution is 5.98. The number of rotatable bonds is 4. The number of nitrogens with zero attached hydrogens (tertiary/aromatic N) is 1. The first-order valence-electron chi connectivity index (χ1n) is 6.65. The summed E-state index contributed by atoms with van der Waals surface area (Å²) in [4.78, 5) is 30.9. The predicted octanol–water partition coefficient (Wildman–Crippen LogP) is 1.70. The van der Waals surface area contributed by atoms with Crippen LogP contribution < -0.4 is 5.32 Å². The van der Waals surface area contributed by atoms with Crippen molar-refractivity contribution < 1.29 is 19.4 Å². The second-order valence-electron chi connectivity index (χ2n) is 4.91.